The molecule has 0 saturated heterocycles. The molecule has 0 atom stereocenters. The fraction of sp³-hybridized carbons (Fsp3) is 0.0333. The lowest BCUT2D eigenvalue weighted by molar-refractivity contribution is -0.664. The fourth-order valence-corrected chi connectivity index (χ4v) is 4.70. The van der Waals surface area contributed by atoms with Crippen LogP contribution >= 0.6 is 0 Å². The zero-order chi connectivity index (χ0) is 21.5. The summed E-state index contributed by atoms with van der Waals surface area (Å²) in [4.78, 5) is 0. The van der Waals surface area contributed by atoms with Crippen LogP contribution in [0.25, 0.3) is 49.7 Å². The van der Waals surface area contributed by atoms with Gasteiger partial charge in [0.2, 0.25) is 6.33 Å². The van der Waals surface area contributed by atoms with Crippen molar-refractivity contribution < 1.29 is 4.57 Å². The Kier molecular flexibility index (Phi) is 4.36. The number of benzene rings is 5. The molecule has 0 aliphatic carbocycles. The molecule has 0 unspecified atom stereocenters. The molecule has 0 aliphatic rings. The van der Waals surface area contributed by atoms with Crippen molar-refractivity contribution in [3.8, 4) is 28.2 Å². The molecular formula is C30H22N2. The van der Waals surface area contributed by atoms with Crippen molar-refractivity contribution in [2.75, 3.05) is 0 Å². The molecule has 0 fully saturated rings. The van der Waals surface area contributed by atoms with E-state index in [0.717, 1.165) is 17.1 Å². The van der Waals surface area contributed by atoms with Gasteiger partial charge in [-0.15, -0.1) is 0 Å². The van der Waals surface area contributed by atoms with Crippen molar-refractivity contribution in [2.45, 2.75) is 0 Å². The minimum absolute atomic E-state index is 1.14. The van der Waals surface area contributed by atoms with Crippen LogP contribution in [0.1, 0.15) is 0 Å². The van der Waals surface area contributed by atoms with E-state index in [1.54, 1.807) is 0 Å². The summed E-state index contributed by atoms with van der Waals surface area (Å²) < 4.78 is 4.34. The second-order valence-electron chi connectivity index (χ2n) is 8.09. The van der Waals surface area contributed by atoms with Gasteiger partial charge in [-0.2, -0.15) is 0 Å². The first-order valence-corrected chi connectivity index (χ1v) is 10.9. The predicted octanol–water partition coefficient (Wildman–Crippen LogP) is 6.74. The Morgan fingerprint density at radius 1 is 0.594 bits per heavy atom. The lowest BCUT2D eigenvalue weighted by Crippen LogP contribution is -2.28. The van der Waals surface area contributed by atoms with E-state index in [9.17, 15) is 0 Å². The van der Waals surface area contributed by atoms with Gasteiger partial charge in [-0.05, 0) is 38.7 Å². The third kappa shape index (κ3) is 2.92. The topological polar surface area (TPSA) is 8.81 Å². The van der Waals surface area contributed by atoms with Crippen LogP contribution < -0.4 is 4.57 Å². The summed E-state index contributed by atoms with van der Waals surface area (Å²) in [5.74, 6) is 0. The maximum Gasteiger partial charge on any atom is 0.244 e. The Hall–Kier alpha value is -4.17. The van der Waals surface area contributed by atoms with Crippen LogP contribution in [0, 0.1) is 6.33 Å². The van der Waals surface area contributed by atoms with Gasteiger partial charge < -0.3 is 9.13 Å². The molecule has 0 amide bonds. The van der Waals surface area contributed by atoms with Gasteiger partial charge in [-0.3, -0.25) is 0 Å². The molecule has 1 heterocycles. The van der Waals surface area contributed by atoms with E-state index in [1.807, 2.05) is 0 Å². The molecule has 0 radical (unpaired) electrons. The highest BCUT2D eigenvalue weighted by Crippen LogP contribution is 2.36. The number of hydrogen-bond acceptors (Lipinski definition) is 0. The Labute approximate surface area is 187 Å². The molecule has 32 heavy (non-hydrogen) atoms. The molecule has 6 aromatic rings. The second kappa shape index (κ2) is 7.51. The van der Waals surface area contributed by atoms with Crippen LogP contribution in [0.3, 0.4) is 0 Å². The molecule has 152 valence electrons. The molecule has 0 bridgehead atoms. The first-order valence-electron chi connectivity index (χ1n) is 10.9. The zero-order valence-electron chi connectivity index (χ0n) is 17.9. The average Bonchev–Trinajstić information content (AvgIpc) is 3.21. The van der Waals surface area contributed by atoms with E-state index in [4.69, 9.17) is 0 Å². The van der Waals surface area contributed by atoms with Crippen molar-refractivity contribution in [2.24, 2.45) is 7.05 Å². The first kappa shape index (κ1) is 18.6. The lowest BCUT2D eigenvalue weighted by Gasteiger charge is -2.16. The third-order valence-corrected chi connectivity index (χ3v) is 6.11. The van der Waals surface area contributed by atoms with Crippen LogP contribution in [0.15, 0.2) is 115 Å². The van der Waals surface area contributed by atoms with E-state index < -0.39 is 0 Å². The zero-order valence-corrected chi connectivity index (χ0v) is 17.9. The molecule has 2 nitrogen and oxygen atoms in total. The van der Waals surface area contributed by atoms with E-state index in [0.29, 0.717) is 0 Å². The number of fused-ring (bicyclic) bond motifs is 3. The van der Waals surface area contributed by atoms with E-state index in [-0.39, 0.29) is 0 Å². The van der Waals surface area contributed by atoms with Gasteiger partial charge in [0.25, 0.3) is 0 Å². The number of aromatic nitrogens is 2. The van der Waals surface area contributed by atoms with Gasteiger partial charge in [-0.25, -0.2) is 0 Å². The summed E-state index contributed by atoms with van der Waals surface area (Å²) in [6.07, 6.45) is 3.62. The summed E-state index contributed by atoms with van der Waals surface area (Å²) in [5.41, 5.74) is 5.76. The Bertz CT molecular complexity index is 1560. The molecule has 1 aromatic heterocycles. The van der Waals surface area contributed by atoms with Crippen molar-refractivity contribution in [1.29, 1.82) is 0 Å². The number of imidazole rings is 1. The molecular weight excluding hydrogens is 388 g/mol. The molecule has 2 heteroatoms. The van der Waals surface area contributed by atoms with Crippen molar-refractivity contribution >= 4 is 21.5 Å². The summed E-state index contributed by atoms with van der Waals surface area (Å²) in [6.45, 7) is 0. The van der Waals surface area contributed by atoms with Gasteiger partial charge in [0.1, 0.15) is 0 Å². The Morgan fingerprint density at radius 2 is 1.16 bits per heavy atom. The molecule has 0 spiro atoms. The highest BCUT2D eigenvalue weighted by Gasteiger charge is 2.19. The quantitative estimate of drug-likeness (QED) is 0.173. The maximum absolute atomic E-state index is 3.62. The second-order valence-corrected chi connectivity index (χ2v) is 8.09. The van der Waals surface area contributed by atoms with Crippen LogP contribution in [-0.2, 0) is 7.05 Å². The summed E-state index contributed by atoms with van der Waals surface area (Å²) >= 11 is 0. The van der Waals surface area contributed by atoms with E-state index in [1.165, 1.54) is 32.7 Å². The van der Waals surface area contributed by atoms with Gasteiger partial charge >= 0.3 is 0 Å². The van der Waals surface area contributed by atoms with Crippen molar-refractivity contribution in [3.05, 3.63) is 122 Å². The van der Waals surface area contributed by atoms with Crippen LogP contribution in [0.2, 0.25) is 0 Å². The van der Waals surface area contributed by atoms with Crippen LogP contribution in [0.4, 0.5) is 0 Å². The average molecular weight is 411 g/mol. The fourth-order valence-electron chi connectivity index (χ4n) is 4.70. The SMILES string of the molecule is C[n+]1[c-]n(-c2cc3ccccc3c3ccccc23)c(-c2ccccc2)c1-c1ccccc1. The minimum atomic E-state index is 1.14. The Morgan fingerprint density at radius 3 is 1.88 bits per heavy atom. The number of rotatable bonds is 3. The number of aryl methyl sites for hydroxylation is 1. The first-order chi connectivity index (χ1) is 15.8. The van der Waals surface area contributed by atoms with Gasteiger partial charge in [-0.1, -0.05) is 109 Å². The van der Waals surface area contributed by atoms with Gasteiger partial charge in [0, 0.05) is 0 Å². The predicted molar refractivity (Wildman–Crippen MR) is 132 cm³/mol. The summed E-state index contributed by atoms with van der Waals surface area (Å²) in [6, 6.07) is 40.7. The van der Waals surface area contributed by atoms with Crippen LogP contribution in [0.5, 0.6) is 0 Å². The number of hydrogen-bond donors (Lipinski definition) is 0. The van der Waals surface area contributed by atoms with Gasteiger partial charge in [0.05, 0.1) is 24.1 Å². The molecule has 6 rings (SSSR count). The lowest BCUT2D eigenvalue weighted by atomic mass is 9.99. The summed E-state index contributed by atoms with van der Waals surface area (Å²) in [5, 5.41) is 4.97. The standard InChI is InChI=1S/C30H22N2/c1-31-21-32(28-20-24-16-8-9-17-25(24)26-18-10-11-19-27(26)28)30(23-14-6-3-7-15-23)29(31)22-12-4-2-5-13-22/h2-20H,1H3. The minimum Gasteiger partial charge on any atom is -0.318 e. The largest absolute Gasteiger partial charge is 0.318 e. The van der Waals surface area contributed by atoms with E-state index >= 15 is 0 Å². The number of nitrogens with zero attached hydrogens (tertiary/aromatic N) is 2. The van der Waals surface area contributed by atoms with Gasteiger partial charge in [0.15, 0.2) is 0 Å². The smallest absolute Gasteiger partial charge is 0.244 e. The normalized spacial score (nSPS) is 11.3. The van der Waals surface area contributed by atoms with E-state index in [2.05, 4.69) is 138 Å². The molecule has 5 aromatic carbocycles. The highest BCUT2D eigenvalue weighted by atomic mass is 15.1. The highest BCUT2D eigenvalue weighted by molar-refractivity contribution is 6.11. The maximum atomic E-state index is 3.62. The van der Waals surface area contributed by atoms with Crippen LogP contribution in [-0.4, -0.2) is 4.57 Å². The molecule has 0 saturated carbocycles. The third-order valence-electron chi connectivity index (χ3n) is 6.11. The monoisotopic (exact) mass is 410 g/mol. The van der Waals surface area contributed by atoms with Crippen molar-refractivity contribution in [1.82, 2.24) is 4.57 Å². The summed E-state index contributed by atoms with van der Waals surface area (Å²) in [7, 11) is 2.08. The molecule has 0 aliphatic heterocycles. The molecule has 0 N–H and O–H groups in total. The van der Waals surface area contributed by atoms with Crippen molar-refractivity contribution in [3.63, 3.8) is 0 Å². The Balaban J connectivity index is 1.75.